The predicted molar refractivity (Wildman–Crippen MR) is 117 cm³/mol. The smallest absolute Gasteiger partial charge is 0.100 e. The van der Waals surface area contributed by atoms with Crippen molar-refractivity contribution in [1.29, 1.82) is 0 Å². The zero-order chi connectivity index (χ0) is 19.8. The Bertz CT molecular complexity index is 1030. The number of nitrogens with zero attached hydrogens (tertiary/aromatic N) is 2. The Balaban J connectivity index is 1.36. The van der Waals surface area contributed by atoms with Crippen molar-refractivity contribution in [1.82, 2.24) is 9.55 Å². The van der Waals surface area contributed by atoms with E-state index in [1.807, 2.05) is 6.33 Å². The summed E-state index contributed by atoms with van der Waals surface area (Å²) in [6, 6.07) is 8.52. The van der Waals surface area contributed by atoms with Gasteiger partial charge in [-0.2, -0.15) is 0 Å². The lowest BCUT2D eigenvalue weighted by molar-refractivity contribution is -0.0249. The molecular formula is C26H32N2O. The maximum Gasteiger partial charge on any atom is 0.100 e. The first-order valence-corrected chi connectivity index (χ1v) is 11.5. The Labute approximate surface area is 173 Å². The van der Waals surface area contributed by atoms with Gasteiger partial charge in [-0.1, -0.05) is 43.7 Å². The molecule has 1 aromatic carbocycles. The van der Waals surface area contributed by atoms with Crippen LogP contribution in [0.4, 0.5) is 0 Å². The first-order valence-electron chi connectivity index (χ1n) is 11.5. The second-order valence-corrected chi connectivity index (χ2v) is 10.5. The van der Waals surface area contributed by atoms with Crippen molar-refractivity contribution in [3.8, 4) is 0 Å². The van der Waals surface area contributed by atoms with E-state index in [1.165, 1.54) is 36.9 Å². The number of hydrogen-bond donors (Lipinski definition) is 1. The molecule has 0 bridgehead atoms. The van der Waals surface area contributed by atoms with Gasteiger partial charge in [0.25, 0.3) is 0 Å². The van der Waals surface area contributed by atoms with Crippen LogP contribution in [0, 0.1) is 28.6 Å². The van der Waals surface area contributed by atoms with E-state index in [0.29, 0.717) is 5.41 Å². The third-order valence-corrected chi connectivity index (χ3v) is 9.33. The Morgan fingerprint density at radius 3 is 2.72 bits per heavy atom. The lowest BCUT2D eigenvalue weighted by atomic mass is 9.48. The van der Waals surface area contributed by atoms with Crippen LogP contribution >= 0.6 is 0 Å². The standard InChI is InChI=1S/C26H32N2O/c1-25-13-11-18(29)15-17(25)7-8-19-20-9-10-24(26(20,2)14-12-21(19)25)28-16-27-22-5-3-4-6-23(22)28/h3-7,10,16,18-21,29H,8-9,11-15H2,1-2H3/t18-,19-,20-,21?,25-,26-/m0/s1. The number of aliphatic hydroxyl groups excluding tert-OH is 1. The molecule has 0 radical (unpaired) electrons. The van der Waals surface area contributed by atoms with Crippen molar-refractivity contribution >= 4 is 16.7 Å². The van der Waals surface area contributed by atoms with E-state index in [4.69, 9.17) is 0 Å². The highest BCUT2D eigenvalue weighted by atomic mass is 16.3. The molecule has 3 nitrogen and oxygen atoms in total. The molecule has 2 saturated carbocycles. The van der Waals surface area contributed by atoms with E-state index in [0.717, 1.165) is 42.5 Å². The van der Waals surface area contributed by atoms with Crippen molar-refractivity contribution in [2.24, 2.45) is 28.6 Å². The number of aliphatic hydroxyl groups is 1. The Morgan fingerprint density at radius 1 is 1.00 bits per heavy atom. The first-order chi connectivity index (χ1) is 14.0. The molecular weight excluding hydrogens is 356 g/mol. The third kappa shape index (κ3) is 2.37. The van der Waals surface area contributed by atoms with Crippen LogP contribution in [0.5, 0.6) is 0 Å². The average molecular weight is 389 g/mol. The van der Waals surface area contributed by atoms with Crippen LogP contribution in [-0.4, -0.2) is 20.8 Å². The van der Waals surface area contributed by atoms with Gasteiger partial charge < -0.3 is 9.67 Å². The van der Waals surface area contributed by atoms with E-state index >= 15 is 0 Å². The van der Waals surface area contributed by atoms with Gasteiger partial charge in [-0.3, -0.25) is 0 Å². The minimum Gasteiger partial charge on any atom is -0.393 e. The molecule has 6 rings (SSSR count). The normalized spacial score (nSPS) is 41.3. The van der Waals surface area contributed by atoms with Crippen molar-refractivity contribution in [2.75, 3.05) is 0 Å². The van der Waals surface area contributed by atoms with Crippen molar-refractivity contribution < 1.29 is 5.11 Å². The van der Waals surface area contributed by atoms with Gasteiger partial charge in [-0.25, -0.2) is 4.98 Å². The fourth-order valence-electron chi connectivity index (χ4n) is 7.71. The number of rotatable bonds is 1. The van der Waals surface area contributed by atoms with Gasteiger partial charge in [0.15, 0.2) is 0 Å². The summed E-state index contributed by atoms with van der Waals surface area (Å²) in [5, 5.41) is 10.2. The minimum atomic E-state index is -0.117. The summed E-state index contributed by atoms with van der Waals surface area (Å²) in [5.41, 5.74) is 5.92. The van der Waals surface area contributed by atoms with Gasteiger partial charge in [-0.15, -0.1) is 0 Å². The van der Waals surface area contributed by atoms with Crippen LogP contribution in [0.15, 0.2) is 48.3 Å². The molecule has 0 amide bonds. The number of aromatic nitrogens is 2. The van der Waals surface area contributed by atoms with Crippen LogP contribution < -0.4 is 0 Å². The summed E-state index contributed by atoms with van der Waals surface area (Å²) in [7, 11) is 0. The molecule has 3 heteroatoms. The van der Waals surface area contributed by atoms with Gasteiger partial charge in [-0.05, 0) is 80.2 Å². The Kier molecular flexibility index (Phi) is 3.76. The second kappa shape index (κ2) is 6.07. The Morgan fingerprint density at radius 2 is 1.83 bits per heavy atom. The Hall–Kier alpha value is -1.87. The maximum absolute atomic E-state index is 10.2. The molecule has 0 saturated heterocycles. The quantitative estimate of drug-likeness (QED) is 0.626. The van der Waals surface area contributed by atoms with E-state index in [1.54, 1.807) is 5.57 Å². The van der Waals surface area contributed by atoms with E-state index in [2.05, 4.69) is 59.8 Å². The zero-order valence-electron chi connectivity index (χ0n) is 17.6. The van der Waals surface area contributed by atoms with Crippen LogP contribution in [-0.2, 0) is 0 Å². The van der Waals surface area contributed by atoms with E-state index in [9.17, 15) is 5.11 Å². The zero-order valence-corrected chi connectivity index (χ0v) is 17.6. The fraction of sp³-hybridized carbons (Fsp3) is 0.577. The van der Waals surface area contributed by atoms with Gasteiger partial charge in [0.1, 0.15) is 6.33 Å². The molecule has 1 heterocycles. The van der Waals surface area contributed by atoms with Crippen molar-refractivity contribution in [3.05, 3.63) is 48.3 Å². The largest absolute Gasteiger partial charge is 0.393 e. The highest BCUT2D eigenvalue weighted by Crippen LogP contribution is 2.65. The third-order valence-electron chi connectivity index (χ3n) is 9.33. The molecule has 29 heavy (non-hydrogen) atoms. The molecule has 0 spiro atoms. The van der Waals surface area contributed by atoms with Crippen molar-refractivity contribution in [3.63, 3.8) is 0 Å². The second-order valence-electron chi connectivity index (χ2n) is 10.5. The first kappa shape index (κ1) is 17.9. The molecule has 1 aromatic heterocycles. The number of para-hydroxylation sites is 2. The van der Waals surface area contributed by atoms with E-state index < -0.39 is 0 Å². The number of benzene rings is 1. The topological polar surface area (TPSA) is 38.0 Å². The minimum absolute atomic E-state index is 0.117. The average Bonchev–Trinajstić information content (AvgIpc) is 3.29. The van der Waals surface area contributed by atoms with E-state index in [-0.39, 0.29) is 11.5 Å². The monoisotopic (exact) mass is 388 g/mol. The predicted octanol–water partition coefficient (Wildman–Crippen LogP) is 5.81. The lowest BCUT2D eigenvalue weighted by Crippen LogP contribution is -2.50. The van der Waals surface area contributed by atoms with Crippen molar-refractivity contribution in [2.45, 2.75) is 64.9 Å². The summed E-state index contributed by atoms with van der Waals surface area (Å²) < 4.78 is 2.37. The summed E-state index contributed by atoms with van der Waals surface area (Å²) in [6.07, 6.45) is 15.0. The molecule has 1 N–H and O–H groups in total. The molecule has 2 aromatic rings. The molecule has 4 aliphatic rings. The summed E-state index contributed by atoms with van der Waals surface area (Å²) >= 11 is 0. The van der Waals surface area contributed by atoms with Gasteiger partial charge >= 0.3 is 0 Å². The van der Waals surface area contributed by atoms with Gasteiger partial charge in [0.2, 0.25) is 0 Å². The summed E-state index contributed by atoms with van der Waals surface area (Å²) in [4.78, 5) is 4.67. The van der Waals surface area contributed by atoms with Gasteiger partial charge in [0, 0.05) is 11.1 Å². The molecule has 152 valence electrons. The lowest BCUT2D eigenvalue weighted by Gasteiger charge is -2.57. The molecule has 1 unspecified atom stereocenters. The number of hydrogen-bond acceptors (Lipinski definition) is 2. The molecule has 4 aliphatic carbocycles. The SMILES string of the molecule is C[C@]12CC[C@H](O)CC1=CC[C@@H]1C2CC[C@]2(C)C(n3cnc4ccccc43)=CC[C@@H]12. The van der Waals surface area contributed by atoms with Gasteiger partial charge in [0.05, 0.1) is 17.1 Å². The summed E-state index contributed by atoms with van der Waals surface area (Å²) in [5.74, 6) is 2.26. The summed E-state index contributed by atoms with van der Waals surface area (Å²) in [6.45, 7) is 5.03. The molecule has 0 aliphatic heterocycles. The van der Waals surface area contributed by atoms with Crippen LogP contribution in [0.1, 0.15) is 58.8 Å². The number of imidazole rings is 1. The highest BCUT2D eigenvalue weighted by molar-refractivity contribution is 5.80. The van der Waals surface area contributed by atoms with Crippen LogP contribution in [0.2, 0.25) is 0 Å². The fourth-order valence-corrected chi connectivity index (χ4v) is 7.71. The highest BCUT2D eigenvalue weighted by Gasteiger charge is 2.57. The molecule has 6 atom stereocenters. The number of fused-ring (bicyclic) bond motifs is 6. The molecule has 2 fully saturated rings. The number of allylic oxidation sites excluding steroid dienone is 3. The maximum atomic E-state index is 10.2. The van der Waals surface area contributed by atoms with Crippen LogP contribution in [0.25, 0.3) is 16.7 Å². The van der Waals surface area contributed by atoms with Crippen LogP contribution in [0.3, 0.4) is 0 Å².